The third-order valence-electron chi connectivity index (χ3n) is 2.74. The van der Waals surface area contributed by atoms with E-state index in [1.165, 1.54) is 5.56 Å². The van der Waals surface area contributed by atoms with Crippen LogP contribution >= 0.6 is 11.3 Å². The summed E-state index contributed by atoms with van der Waals surface area (Å²) in [5, 5.41) is 8.78. The molecule has 2 aromatic rings. The standard InChI is InChI=1S/C14H15NO2S/c1-9-2-4-10(5-3-9)13-7-6-11(18-13)8-12(15)14(16)17/h2-7,12H,8,15H2,1H3,(H,16,17). The van der Waals surface area contributed by atoms with Gasteiger partial charge in [-0.3, -0.25) is 4.79 Å². The van der Waals surface area contributed by atoms with E-state index >= 15 is 0 Å². The number of carboxylic acid groups (broad SMARTS) is 1. The fraction of sp³-hybridized carbons (Fsp3) is 0.214. The van der Waals surface area contributed by atoms with Gasteiger partial charge in [-0.1, -0.05) is 29.8 Å². The fourth-order valence-corrected chi connectivity index (χ4v) is 2.74. The van der Waals surface area contributed by atoms with E-state index in [2.05, 4.69) is 31.2 Å². The van der Waals surface area contributed by atoms with Gasteiger partial charge < -0.3 is 10.8 Å². The maximum absolute atomic E-state index is 10.7. The molecule has 0 bridgehead atoms. The summed E-state index contributed by atoms with van der Waals surface area (Å²) in [6.45, 7) is 2.05. The number of carbonyl (C=O) groups is 1. The van der Waals surface area contributed by atoms with E-state index in [-0.39, 0.29) is 0 Å². The van der Waals surface area contributed by atoms with Gasteiger partial charge in [0.05, 0.1) is 0 Å². The second kappa shape index (κ2) is 5.33. The van der Waals surface area contributed by atoms with Gasteiger partial charge in [-0.2, -0.15) is 0 Å². The van der Waals surface area contributed by atoms with Crippen LogP contribution in [0.1, 0.15) is 10.4 Å². The molecule has 3 nitrogen and oxygen atoms in total. The summed E-state index contributed by atoms with van der Waals surface area (Å²) in [6.07, 6.45) is 0.381. The van der Waals surface area contributed by atoms with Crippen molar-refractivity contribution < 1.29 is 9.90 Å². The normalized spacial score (nSPS) is 12.3. The first-order chi connectivity index (χ1) is 8.56. The lowest BCUT2D eigenvalue weighted by Crippen LogP contribution is -2.31. The zero-order chi connectivity index (χ0) is 13.1. The third-order valence-corrected chi connectivity index (χ3v) is 3.89. The van der Waals surface area contributed by atoms with E-state index < -0.39 is 12.0 Å². The highest BCUT2D eigenvalue weighted by Gasteiger charge is 2.13. The Kier molecular flexibility index (Phi) is 3.79. The lowest BCUT2D eigenvalue weighted by molar-refractivity contribution is -0.138. The van der Waals surface area contributed by atoms with Crippen LogP contribution in [0.25, 0.3) is 10.4 Å². The highest BCUT2D eigenvalue weighted by Crippen LogP contribution is 2.28. The zero-order valence-electron chi connectivity index (χ0n) is 10.1. The Balaban J connectivity index is 2.15. The lowest BCUT2D eigenvalue weighted by atomic mass is 10.1. The predicted octanol–water partition coefficient (Wildman–Crippen LogP) is 2.68. The minimum atomic E-state index is -0.958. The van der Waals surface area contributed by atoms with E-state index in [1.807, 2.05) is 12.1 Å². The number of aliphatic carboxylic acids is 1. The van der Waals surface area contributed by atoms with Crippen molar-refractivity contribution in [3.63, 3.8) is 0 Å². The minimum absolute atomic E-state index is 0.381. The molecule has 0 amide bonds. The van der Waals surface area contributed by atoms with E-state index in [0.29, 0.717) is 6.42 Å². The van der Waals surface area contributed by atoms with Gasteiger partial charge in [-0.15, -0.1) is 11.3 Å². The van der Waals surface area contributed by atoms with E-state index in [4.69, 9.17) is 10.8 Å². The minimum Gasteiger partial charge on any atom is -0.480 e. The van der Waals surface area contributed by atoms with Crippen molar-refractivity contribution in [1.82, 2.24) is 0 Å². The SMILES string of the molecule is Cc1ccc(-c2ccc(CC(N)C(=O)O)s2)cc1. The molecule has 0 radical (unpaired) electrons. The molecule has 0 spiro atoms. The molecule has 1 unspecified atom stereocenters. The number of carboxylic acids is 1. The Morgan fingerprint density at radius 1 is 1.28 bits per heavy atom. The first-order valence-corrected chi connectivity index (χ1v) is 6.52. The highest BCUT2D eigenvalue weighted by molar-refractivity contribution is 7.15. The monoisotopic (exact) mass is 261 g/mol. The van der Waals surface area contributed by atoms with Crippen molar-refractivity contribution in [2.24, 2.45) is 5.73 Å². The largest absolute Gasteiger partial charge is 0.480 e. The average molecular weight is 261 g/mol. The van der Waals surface area contributed by atoms with E-state index in [1.54, 1.807) is 11.3 Å². The third kappa shape index (κ3) is 2.97. The molecular weight excluding hydrogens is 246 g/mol. The number of aryl methyl sites for hydroxylation is 1. The van der Waals surface area contributed by atoms with Gasteiger partial charge in [-0.05, 0) is 24.6 Å². The van der Waals surface area contributed by atoms with Gasteiger partial charge in [0.2, 0.25) is 0 Å². The van der Waals surface area contributed by atoms with Crippen LogP contribution in [0.3, 0.4) is 0 Å². The molecule has 0 fully saturated rings. The van der Waals surface area contributed by atoms with Gasteiger partial charge in [0.25, 0.3) is 0 Å². The van der Waals surface area contributed by atoms with Crippen molar-refractivity contribution in [3.8, 4) is 10.4 Å². The van der Waals surface area contributed by atoms with Crippen molar-refractivity contribution >= 4 is 17.3 Å². The zero-order valence-corrected chi connectivity index (χ0v) is 10.9. The van der Waals surface area contributed by atoms with E-state index in [0.717, 1.165) is 15.3 Å². The smallest absolute Gasteiger partial charge is 0.320 e. The molecular formula is C14H15NO2S. The van der Waals surface area contributed by atoms with Crippen LogP contribution in [-0.2, 0) is 11.2 Å². The van der Waals surface area contributed by atoms with Crippen LogP contribution in [0, 0.1) is 6.92 Å². The molecule has 0 aliphatic heterocycles. The summed E-state index contributed by atoms with van der Waals surface area (Å²) in [7, 11) is 0. The van der Waals surface area contributed by atoms with Gasteiger partial charge in [0.1, 0.15) is 6.04 Å². The molecule has 18 heavy (non-hydrogen) atoms. The topological polar surface area (TPSA) is 63.3 Å². The first-order valence-electron chi connectivity index (χ1n) is 5.70. The summed E-state index contributed by atoms with van der Waals surface area (Å²) in [5.74, 6) is -0.958. The van der Waals surface area contributed by atoms with Crippen molar-refractivity contribution in [2.45, 2.75) is 19.4 Å². The van der Waals surface area contributed by atoms with Crippen molar-refractivity contribution in [2.75, 3.05) is 0 Å². The van der Waals surface area contributed by atoms with Crippen LogP contribution in [0.4, 0.5) is 0 Å². The molecule has 0 aliphatic carbocycles. The maximum Gasteiger partial charge on any atom is 0.320 e. The number of thiophene rings is 1. The second-order valence-electron chi connectivity index (χ2n) is 4.28. The summed E-state index contributed by atoms with van der Waals surface area (Å²) >= 11 is 1.59. The summed E-state index contributed by atoms with van der Waals surface area (Å²) in [4.78, 5) is 12.8. The van der Waals surface area contributed by atoms with Crippen LogP contribution in [0.15, 0.2) is 36.4 Å². The number of benzene rings is 1. The molecule has 1 atom stereocenters. The van der Waals surface area contributed by atoms with Crippen LogP contribution in [0.5, 0.6) is 0 Å². The van der Waals surface area contributed by atoms with E-state index in [9.17, 15) is 4.79 Å². The molecule has 2 rings (SSSR count). The summed E-state index contributed by atoms with van der Waals surface area (Å²) < 4.78 is 0. The Hall–Kier alpha value is -1.65. The molecule has 1 aromatic carbocycles. The molecule has 0 saturated carbocycles. The molecule has 94 valence electrons. The molecule has 4 heteroatoms. The van der Waals surface area contributed by atoms with Crippen LogP contribution < -0.4 is 5.73 Å². The molecule has 3 N–H and O–H groups in total. The summed E-state index contributed by atoms with van der Waals surface area (Å²) in [5.41, 5.74) is 7.90. The van der Waals surface area contributed by atoms with Crippen molar-refractivity contribution in [1.29, 1.82) is 0 Å². The van der Waals surface area contributed by atoms with Gasteiger partial charge in [-0.25, -0.2) is 0 Å². The van der Waals surface area contributed by atoms with Gasteiger partial charge >= 0.3 is 5.97 Å². The number of nitrogens with two attached hydrogens (primary N) is 1. The highest BCUT2D eigenvalue weighted by atomic mass is 32.1. The quantitative estimate of drug-likeness (QED) is 0.889. The van der Waals surface area contributed by atoms with Crippen LogP contribution in [0.2, 0.25) is 0 Å². The lowest BCUT2D eigenvalue weighted by Gasteiger charge is -2.03. The maximum atomic E-state index is 10.7. The number of hydrogen-bond donors (Lipinski definition) is 2. The molecule has 1 aromatic heterocycles. The first kappa shape index (κ1) is 12.8. The van der Waals surface area contributed by atoms with Crippen molar-refractivity contribution in [3.05, 3.63) is 46.8 Å². The number of rotatable bonds is 4. The van der Waals surface area contributed by atoms with Gasteiger partial charge in [0, 0.05) is 16.2 Å². The fourth-order valence-electron chi connectivity index (χ4n) is 1.66. The molecule has 0 saturated heterocycles. The Morgan fingerprint density at radius 2 is 1.94 bits per heavy atom. The predicted molar refractivity (Wildman–Crippen MR) is 73.8 cm³/mol. The Morgan fingerprint density at radius 3 is 2.56 bits per heavy atom. The Bertz CT molecular complexity index is 545. The molecule has 0 aliphatic rings. The second-order valence-corrected chi connectivity index (χ2v) is 5.45. The van der Waals surface area contributed by atoms with Crippen LogP contribution in [-0.4, -0.2) is 17.1 Å². The Labute approximate surface area is 110 Å². The van der Waals surface area contributed by atoms with Gasteiger partial charge in [0.15, 0.2) is 0 Å². The average Bonchev–Trinajstić information content (AvgIpc) is 2.78. The molecule has 1 heterocycles. The summed E-state index contributed by atoms with van der Waals surface area (Å²) in [6, 6.07) is 11.4. The number of hydrogen-bond acceptors (Lipinski definition) is 3.